The van der Waals surface area contributed by atoms with Crippen LogP contribution < -0.4 is 10.6 Å². The van der Waals surface area contributed by atoms with Crippen LogP contribution in [0.1, 0.15) is 85.4 Å². The molecule has 2 amide bonds. The van der Waals surface area contributed by atoms with Gasteiger partial charge in [-0.05, 0) is 87.3 Å². The number of aromatic nitrogens is 5. The summed E-state index contributed by atoms with van der Waals surface area (Å²) in [4.78, 5) is 31.5. The van der Waals surface area contributed by atoms with E-state index in [9.17, 15) is 32.3 Å². The van der Waals surface area contributed by atoms with Crippen LogP contribution in [0.4, 0.5) is 32.2 Å². The molecule has 0 spiro atoms. The topological polar surface area (TPSA) is 127 Å². The van der Waals surface area contributed by atoms with Gasteiger partial charge in [-0.1, -0.05) is 23.6 Å². The highest BCUT2D eigenvalue weighted by Crippen LogP contribution is 2.68. The Kier molecular flexibility index (Phi) is 9.39. The zero-order chi connectivity index (χ0) is 40.7. The van der Waals surface area contributed by atoms with Crippen LogP contribution in [-0.4, -0.2) is 47.1 Å². The van der Waals surface area contributed by atoms with Gasteiger partial charge >= 0.3 is 0 Å². The van der Waals surface area contributed by atoms with E-state index >= 15 is 8.78 Å². The molecule has 0 bridgehead atoms. The normalized spacial score (nSPS) is 18.5. The molecule has 2 aromatic carbocycles. The van der Waals surface area contributed by atoms with Crippen LogP contribution in [0.3, 0.4) is 0 Å². The van der Waals surface area contributed by atoms with E-state index in [1.807, 2.05) is 0 Å². The summed E-state index contributed by atoms with van der Waals surface area (Å²) in [5.74, 6) is -2.85. The third-order valence-corrected chi connectivity index (χ3v) is 10.6. The van der Waals surface area contributed by atoms with Gasteiger partial charge in [0.05, 0.1) is 27.7 Å². The van der Waals surface area contributed by atoms with E-state index in [1.165, 1.54) is 18.5 Å². The van der Waals surface area contributed by atoms with Crippen molar-refractivity contribution in [3.8, 4) is 23.0 Å². The third kappa shape index (κ3) is 7.34. The Morgan fingerprint density at radius 1 is 1.05 bits per heavy atom. The number of hydrogen-bond acceptors (Lipinski definition) is 6. The molecule has 8 rings (SSSR count). The first-order chi connectivity index (χ1) is 26.9. The van der Waals surface area contributed by atoms with Gasteiger partial charge in [0.1, 0.15) is 40.9 Å². The van der Waals surface area contributed by atoms with E-state index in [1.54, 1.807) is 31.3 Å². The Morgan fingerprint density at radius 2 is 1.75 bits per heavy atom. The average Bonchev–Trinajstić information content (AvgIpc) is 4.04. The molecule has 3 aliphatic rings. The van der Waals surface area contributed by atoms with Crippen LogP contribution in [0.5, 0.6) is 0 Å². The number of aliphatic hydroxyl groups is 1. The number of nitrogens with one attached hydrogen (secondary N) is 2. The monoisotopic (exact) mass is 809 g/mol. The number of carbonyl (C=O) groups excluding carboxylic acids is 2. The van der Waals surface area contributed by atoms with Crippen LogP contribution in [0.15, 0.2) is 42.5 Å². The molecule has 1 unspecified atom stereocenters. The number of aryl methyl sites for hydroxylation is 1. The molecule has 2 fully saturated rings. The number of benzene rings is 2. The summed E-state index contributed by atoms with van der Waals surface area (Å²) in [5, 5.41) is 24.9. The molecule has 3 N–H and O–H groups in total. The first kappa shape index (κ1) is 38.5. The van der Waals surface area contributed by atoms with Gasteiger partial charge < -0.3 is 15.7 Å². The third-order valence-electron chi connectivity index (χ3n) is 10.3. The second-order valence-corrected chi connectivity index (χ2v) is 15.7. The number of pyridine rings is 1. The van der Waals surface area contributed by atoms with Gasteiger partial charge in [-0.25, -0.2) is 22.5 Å². The van der Waals surface area contributed by atoms with E-state index < -0.39 is 71.3 Å². The summed E-state index contributed by atoms with van der Waals surface area (Å²) < 4.78 is 90.2. The molecule has 3 aromatic heterocycles. The Labute approximate surface area is 326 Å². The molecule has 5 aromatic rings. The largest absolute Gasteiger partial charge is 0.378 e. The van der Waals surface area contributed by atoms with E-state index in [0.29, 0.717) is 32.8 Å². The first-order valence-electron chi connectivity index (χ1n) is 18.1. The van der Waals surface area contributed by atoms with Crippen LogP contribution in [-0.2, 0) is 35.5 Å². The fraction of sp³-hybridized carbons (Fsp3) is 0.375. The predicted molar refractivity (Wildman–Crippen MR) is 196 cm³/mol. The summed E-state index contributed by atoms with van der Waals surface area (Å²) >= 11 is 6.70. The molecular weight excluding hydrogens is 776 g/mol. The highest BCUT2D eigenvalue weighted by atomic mass is 35.5. The molecule has 10 nitrogen and oxygen atoms in total. The van der Waals surface area contributed by atoms with Gasteiger partial charge in [-0.2, -0.15) is 19.0 Å². The SMILES string of the molecule is Cn1nc(NC(=O)C2CC2)c2c(Cl)ccc(-c3ccc(C#CC(C)(C)O)nc3[C@H](Cc3cc(F)cc(F)c3)NC(=O)Cn3nc(C(F)F)c4c3C(F)(F)C3C[C@H]43)c21. The molecule has 2 saturated carbocycles. The smallest absolute Gasteiger partial charge is 0.293 e. The van der Waals surface area contributed by atoms with Crippen molar-refractivity contribution >= 4 is 40.1 Å². The molecule has 0 aliphatic heterocycles. The standard InChI is InChI=1S/C40H34ClF6N7O3/c1-39(2,57)11-10-22-6-7-23(24-8-9-27(41)31-34(24)53(3)52-37(31)50-38(56)19-4-5-19)32(48-22)28(14-18-12-20(42)15-21(43)13-18)49-29(55)17-54-35-30(33(51-54)36(44)45)25-16-26(25)40(35,46)47/h6-9,12-13,15,19,25-26,28,36,57H,4-5,14,16-17H2,1-3H3,(H,49,55)(H,50,52,56)/t25-,26?,28-/m0/s1. The van der Waals surface area contributed by atoms with E-state index in [0.717, 1.165) is 25.0 Å². The van der Waals surface area contributed by atoms with Gasteiger partial charge in [-0.3, -0.25) is 19.0 Å². The number of halogens is 7. The molecule has 3 atom stereocenters. The molecule has 57 heavy (non-hydrogen) atoms. The summed E-state index contributed by atoms with van der Waals surface area (Å²) in [6.45, 7) is 2.03. The number of rotatable bonds is 10. The van der Waals surface area contributed by atoms with Crippen molar-refractivity contribution in [2.75, 3.05) is 5.32 Å². The number of hydrogen-bond donors (Lipinski definition) is 3. The number of alkyl halides is 4. The molecular formula is C40H34ClF6N7O3. The summed E-state index contributed by atoms with van der Waals surface area (Å²) in [7, 11) is 1.63. The summed E-state index contributed by atoms with van der Waals surface area (Å²) in [5.41, 5.74) is -1.66. The first-order valence-corrected chi connectivity index (χ1v) is 18.5. The molecule has 296 valence electrons. The number of amides is 2. The Hall–Kier alpha value is -5.40. The average molecular weight is 810 g/mol. The van der Waals surface area contributed by atoms with Crippen LogP contribution >= 0.6 is 11.6 Å². The predicted octanol–water partition coefficient (Wildman–Crippen LogP) is 7.48. The Morgan fingerprint density at radius 3 is 2.42 bits per heavy atom. The van der Waals surface area contributed by atoms with Gasteiger partial charge in [0, 0.05) is 41.6 Å². The second kappa shape index (κ2) is 13.9. The van der Waals surface area contributed by atoms with Crippen LogP contribution in [0.2, 0.25) is 5.02 Å². The number of anilines is 1. The highest BCUT2D eigenvalue weighted by molar-refractivity contribution is 6.37. The van der Waals surface area contributed by atoms with Gasteiger partial charge in [0.15, 0.2) is 5.82 Å². The Balaban J connectivity index is 1.26. The van der Waals surface area contributed by atoms with Crippen molar-refractivity contribution in [2.45, 2.75) is 76.0 Å². The lowest BCUT2D eigenvalue weighted by atomic mass is 9.93. The minimum Gasteiger partial charge on any atom is -0.378 e. The van der Waals surface area contributed by atoms with Gasteiger partial charge in [0.25, 0.3) is 12.3 Å². The fourth-order valence-electron chi connectivity index (χ4n) is 7.64. The maximum absolute atomic E-state index is 15.4. The number of nitrogens with zero attached hydrogens (tertiary/aromatic N) is 5. The van der Waals surface area contributed by atoms with E-state index in [2.05, 4.69) is 32.7 Å². The summed E-state index contributed by atoms with van der Waals surface area (Å²) in [6.07, 6.45) is -1.93. The van der Waals surface area contributed by atoms with Gasteiger partial charge in [-0.15, -0.1) is 0 Å². The van der Waals surface area contributed by atoms with Crippen molar-refractivity contribution in [3.63, 3.8) is 0 Å². The quantitative estimate of drug-likeness (QED) is 0.0993. The number of carbonyl (C=O) groups is 2. The maximum atomic E-state index is 15.4. The fourth-order valence-corrected chi connectivity index (χ4v) is 7.88. The van der Waals surface area contributed by atoms with E-state index in [-0.39, 0.29) is 58.0 Å². The van der Waals surface area contributed by atoms with Crippen LogP contribution in [0, 0.1) is 35.3 Å². The molecule has 3 aliphatic carbocycles. The lowest BCUT2D eigenvalue weighted by molar-refractivity contribution is -0.123. The Bertz CT molecular complexity index is 2530. The minimum absolute atomic E-state index is 0.0357. The number of fused-ring (bicyclic) bond motifs is 4. The lowest BCUT2D eigenvalue weighted by Gasteiger charge is -2.23. The summed E-state index contributed by atoms with van der Waals surface area (Å²) in [6, 6.07) is 7.94. The van der Waals surface area contributed by atoms with Crippen molar-refractivity contribution < 1.29 is 41.0 Å². The zero-order valence-corrected chi connectivity index (χ0v) is 31.4. The van der Waals surface area contributed by atoms with Gasteiger partial charge in [0.2, 0.25) is 11.8 Å². The van der Waals surface area contributed by atoms with Crippen molar-refractivity contribution in [1.82, 2.24) is 29.9 Å². The highest BCUT2D eigenvalue weighted by Gasteiger charge is 2.67. The molecule has 0 saturated heterocycles. The van der Waals surface area contributed by atoms with Crippen molar-refractivity contribution in [1.29, 1.82) is 0 Å². The zero-order valence-electron chi connectivity index (χ0n) is 30.6. The van der Waals surface area contributed by atoms with E-state index in [4.69, 9.17) is 16.6 Å². The minimum atomic E-state index is -3.48. The van der Waals surface area contributed by atoms with Crippen molar-refractivity contribution in [3.05, 3.63) is 93.0 Å². The molecule has 3 heterocycles. The molecule has 17 heteroatoms. The lowest BCUT2D eigenvalue weighted by Crippen LogP contribution is -2.35. The maximum Gasteiger partial charge on any atom is 0.293 e. The van der Waals surface area contributed by atoms with Crippen molar-refractivity contribution in [2.24, 2.45) is 18.9 Å². The second-order valence-electron chi connectivity index (χ2n) is 15.3. The molecule has 0 radical (unpaired) electrons. The van der Waals surface area contributed by atoms with Crippen LogP contribution in [0.25, 0.3) is 22.0 Å².